The number of aromatic nitrogens is 2. The molecule has 2 heterocycles. The third-order valence-electron chi connectivity index (χ3n) is 6.30. The molecule has 2 aromatic heterocycles. The Kier molecular flexibility index (Phi) is 4.19. The van der Waals surface area contributed by atoms with Gasteiger partial charge in [-0.1, -0.05) is 79.4 Å². The number of pyridine rings is 1. The number of hydrogen-bond acceptors (Lipinski definition) is 1. The lowest BCUT2D eigenvalue weighted by atomic mass is 9.99. The summed E-state index contributed by atoms with van der Waals surface area (Å²) < 4.78 is 2.41. The van der Waals surface area contributed by atoms with Gasteiger partial charge < -0.3 is 4.57 Å². The Balaban J connectivity index is 1.96. The molecule has 0 amide bonds. The molecule has 0 unspecified atom stereocenters. The van der Waals surface area contributed by atoms with Gasteiger partial charge in [0.2, 0.25) is 0 Å². The molecule has 0 aliphatic carbocycles. The Morgan fingerprint density at radius 2 is 1.53 bits per heavy atom. The van der Waals surface area contributed by atoms with Gasteiger partial charge in [-0.15, -0.1) is 0 Å². The first-order valence-electron chi connectivity index (χ1n) is 10.9. The number of nitrogens with zero attached hydrogens (tertiary/aromatic N) is 2. The highest BCUT2D eigenvalue weighted by Crippen LogP contribution is 2.42. The number of hydrogen-bond donors (Lipinski definition) is 0. The van der Waals surface area contributed by atoms with E-state index in [0.717, 1.165) is 27.7 Å². The van der Waals surface area contributed by atoms with Crippen LogP contribution < -0.4 is 0 Å². The third-order valence-corrected chi connectivity index (χ3v) is 6.30. The summed E-state index contributed by atoms with van der Waals surface area (Å²) in [6, 6.07) is 28.0. The molecule has 0 saturated heterocycles. The fourth-order valence-electron chi connectivity index (χ4n) is 5.03. The first-order valence-corrected chi connectivity index (χ1v) is 10.9. The standard InChI is InChI=1S/C30H22N2/c1-3-11-21-20(4-2)12-9-18-26(21)32-27-17-8-7-15-24(27)28-22-13-5-6-14-23(22)29-25(30(28)32)16-10-19-31-29/h3-19H,2H2,1H3/b11-3-. The van der Waals surface area contributed by atoms with Crippen molar-refractivity contribution in [1.29, 1.82) is 0 Å². The molecule has 6 rings (SSSR count). The predicted molar refractivity (Wildman–Crippen MR) is 138 cm³/mol. The van der Waals surface area contributed by atoms with Crippen molar-refractivity contribution in [2.24, 2.45) is 0 Å². The van der Waals surface area contributed by atoms with Gasteiger partial charge in [-0.3, -0.25) is 4.98 Å². The van der Waals surface area contributed by atoms with Gasteiger partial charge in [0, 0.05) is 33.3 Å². The number of para-hydroxylation sites is 1. The summed E-state index contributed by atoms with van der Waals surface area (Å²) in [5.41, 5.74) is 6.85. The average molecular weight is 411 g/mol. The zero-order valence-electron chi connectivity index (χ0n) is 17.9. The SMILES string of the molecule is C=Cc1cccc(-n2c3ccccc3c3c4ccccc4c4ncccc4c32)c1/C=C\C. The molecule has 0 N–H and O–H groups in total. The molecule has 152 valence electrons. The fraction of sp³-hybridized carbons (Fsp3) is 0.0333. The van der Waals surface area contributed by atoms with Crippen LogP contribution in [0.15, 0.2) is 97.7 Å². The molecule has 0 radical (unpaired) electrons. The quantitative estimate of drug-likeness (QED) is 0.269. The van der Waals surface area contributed by atoms with Gasteiger partial charge in [0.15, 0.2) is 0 Å². The minimum absolute atomic E-state index is 1.03. The third kappa shape index (κ3) is 2.50. The van der Waals surface area contributed by atoms with E-state index in [0.29, 0.717) is 0 Å². The van der Waals surface area contributed by atoms with Gasteiger partial charge in [-0.2, -0.15) is 0 Å². The van der Waals surface area contributed by atoms with Crippen LogP contribution in [0.2, 0.25) is 0 Å². The van der Waals surface area contributed by atoms with Crippen LogP contribution in [-0.2, 0) is 0 Å². The van der Waals surface area contributed by atoms with Crippen molar-refractivity contribution in [3.8, 4) is 5.69 Å². The highest BCUT2D eigenvalue weighted by molar-refractivity contribution is 6.31. The van der Waals surface area contributed by atoms with E-state index < -0.39 is 0 Å². The van der Waals surface area contributed by atoms with E-state index in [2.05, 4.69) is 103 Å². The number of allylic oxidation sites excluding steroid dienone is 1. The van der Waals surface area contributed by atoms with Gasteiger partial charge in [-0.05, 0) is 42.1 Å². The molecular formula is C30H22N2. The first kappa shape index (κ1) is 18.6. The van der Waals surface area contributed by atoms with E-state index in [-0.39, 0.29) is 0 Å². The van der Waals surface area contributed by atoms with Crippen LogP contribution in [0.4, 0.5) is 0 Å². The molecule has 0 saturated carbocycles. The van der Waals surface area contributed by atoms with E-state index in [9.17, 15) is 0 Å². The van der Waals surface area contributed by atoms with Gasteiger partial charge >= 0.3 is 0 Å². The summed E-state index contributed by atoms with van der Waals surface area (Å²) >= 11 is 0. The van der Waals surface area contributed by atoms with Crippen molar-refractivity contribution < 1.29 is 0 Å². The molecule has 0 bridgehead atoms. The lowest BCUT2D eigenvalue weighted by molar-refractivity contribution is 1.18. The Labute approximate surface area is 186 Å². The molecule has 32 heavy (non-hydrogen) atoms. The van der Waals surface area contributed by atoms with E-state index in [1.165, 1.54) is 32.6 Å². The van der Waals surface area contributed by atoms with Crippen molar-refractivity contribution in [2.75, 3.05) is 0 Å². The summed E-state index contributed by atoms with van der Waals surface area (Å²) in [7, 11) is 0. The summed E-state index contributed by atoms with van der Waals surface area (Å²) in [5.74, 6) is 0. The maximum Gasteiger partial charge on any atom is 0.0801 e. The second kappa shape index (κ2) is 7.21. The summed E-state index contributed by atoms with van der Waals surface area (Å²) in [6.45, 7) is 6.12. The Morgan fingerprint density at radius 1 is 0.781 bits per heavy atom. The van der Waals surface area contributed by atoms with Crippen molar-refractivity contribution >= 4 is 55.6 Å². The molecule has 0 spiro atoms. The van der Waals surface area contributed by atoms with Gasteiger partial charge in [0.25, 0.3) is 0 Å². The zero-order valence-corrected chi connectivity index (χ0v) is 17.9. The zero-order chi connectivity index (χ0) is 21.7. The van der Waals surface area contributed by atoms with Crippen molar-refractivity contribution in [3.05, 3.63) is 109 Å². The molecule has 0 aliphatic rings. The van der Waals surface area contributed by atoms with Crippen LogP contribution in [0.1, 0.15) is 18.1 Å². The first-order chi connectivity index (χ1) is 15.8. The largest absolute Gasteiger partial charge is 0.308 e. The molecule has 2 heteroatoms. The number of benzene rings is 4. The predicted octanol–water partition coefficient (Wildman–Crippen LogP) is 8.16. The molecule has 2 nitrogen and oxygen atoms in total. The maximum atomic E-state index is 4.81. The lowest BCUT2D eigenvalue weighted by Crippen LogP contribution is -1.99. The van der Waals surface area contributed by atoms with Crippen LogP contribution >= 0.6 is 0 Å². The van der Waals surface area contributed by atoms with E-state index in [1.54, 1.807) is 0 Å². The summed E-state index contributed by atoms with van der Waals surface area (Å²) in [5, 5.41) is 6.10. The van der Waals surface area contributed by atoms with Gasteiger partial charge in [-0.25, -0.2) is 0 Å². The Bertz CT molecular complexity index is 1700. The van der Waals surface area contributed by atoms with E-state index in [1.807, 2.05) is 18.3 Å². The number of fused-ring (bicyclic) bond motifs is 8. The van der Waals surface area contributed by atoms with Gasteiger partial charge in [0.05, 0.1) is 22.2 Å². The van der Waals surface area contributed by atoms with Crippen LogP contribution in [0.5, 0.6) is 0 Å². The summed E-state index contributed by atoms with van der Waals surface area (Å²) in [6.07, 6.45) is 8.09. The Hall–Kier alpha value is -4.17. The monoisotopic (exact) mass is 410 g/mol. The average Bonchev–Trinajstić information content (AvgIpc) is 3.20. The molecule has 4 aromatic carbocycles. The van der Waals surface area contributed by atoms with Crippen LogP contribution in [-0.4, -0.2) is 9.55 Å². The van der Waals surface area contributed by atoms with E-state index in [4.69, 9.17) is 4.98 Å². The molecule has 0 atom stereocenters. The normalized spacial score (nSPS) is 11.9. The molecule has 0 aliphatic heterocycles. The van der Waals surface area contributed by atoms with Crippen molar-refractivity contribution in [3.63, 3.8) is 0 Å². The topological polar surface area (TPSA) is 17.8 Å². The van der Waals surface area contributed by atoms with E-state index >= 15 is 0 Å². The van der Waals surface area contributed by atoms with Gasteiger partial charge in [0.1, 0.15) is 0 Å². The minimum Gasteiger partial charge on any atom is -0.308 e. The maximum absolute atomic E-state index is 4.81. The highest BCUT2D eigenvalue weighted by atomic mass is 15.0. The molecule has 0 fully saturated rings. The number of rotatable bonds is 3. The second-order valence-corrected chi connectivity index (χ2v) is 8.01. The summed E-state index contributed by atoms with van der Waals surface area (Å²) in [4.78, 5) is 4.81. The smallest absolute Gasteiger partial charge is 0.0801 e. The van der Waals surface area contributed by atoms with Crippen molar-refractivity contribution in [1.82, 2.24) is 9.55 Å². The van der Waals surface area contributed by atoms with Crippen LogP contribution in [0.25, 0.3) is 61.3 Å². The minimum atomic E-state index is 1.03. The lowest BCUT2D eigenvalue weighted by Gasteiger charge is -2.15. The van der Waals surface area contributed by atoms with Crippen molar-refractivity contribution in [2.45, 2.75) is 6.92 Å². The Morgan fingerprint density at radius 3 is 2.34 bits per heavy atom. The molecule has 6 aromatic rings. The highest BCUT2D eigenvalue weighted by Gasteiger charge is 2.20. The second-order valence-electron chi connectivity index (χ2n) is 8.01. The fourth-order valence-corrected chi connectivity index (χ4v) is 5.03. The molecular weight excluding hydrogens is 388 g/mol. The van der Waals surface area contributed by atoms with Crippen LogP contribution in [0, 0.1) is 0 Å². The van der Waals surface area contributed by atoms with Crippen LogP contribution in [0.3, 0.4) is 0 Å².